The molecule has 0 saturated carbocycles. The number of hydrogen-bond donors (Lipinski definition) is 1. The summed E-state index contributed by atoms with van der Waals surface area (Å²) < 4.78 is 31.5. The molecule has 152 valence electrons. The molecule has 1 aromatic carbocycles. The summed E-state index contributed by atoms with van der Waals surface area (Å²) in [5, 5.41) is 3.30. The van der Waals surface area contributed by atoms with Gasteiger partial charge in [-0.05, 0) is 31.0 Å². The van der Waals surface area contributed by atoms with Gasteiger partial charge in [0, 0.05) is 31.2 Å². The fraction of sp³-hybridized carbons (Fsp3) is 0.611. The van der Waals surface area contributed by atoms with Crippen LogP contribution in [0.3, 0.4) is 0 Å². The molecule has 0 radical (unpaired) electrons. The van der Waals surface area contributed by atoms with Gasteiger partial charge in [-0.15, -0.1) is 0 Å². The smallest absolute Gasteiger partial charge is 0.243 e. The Bertz CT molecular complexity index is 751. The number of rotatable bonds is 8. The van der Waals surface area contributed by atoms with E-state index in [0.717, 1.165) is 24.9 Å². The molecule has 1 aliphatic rings. The van der Waals surface area contributed by atoms with Crippen LogP contribution in [0.15, 0.2) is 18.2 Å². The third kappa shape index (κ3) is 6.07. The number of morpholine rings is 1. The quantitative estimate of drug-likeness (QED) is 0.695. The Morgan fingerprint density at radius 1 is 1.37 bits per heavy atom. The zero-order valence-corrected chi connectivity index (χ0v) is 17.6. The van der Waals surface area contributed by atoms with E-state index in [1.165, 1.54) is 4.31 Å². The molecular weight excluding hydrogens is 390 g/mol. The van der Waals surface area contributed by atoms with Crippen molar-refractivity contribution in [3.63, 3.8) is 0 Å². The number of aryl methyl sites for hydroxylation is 1. The minimum atomic E-state index is -3.67. The molecule has 2 rings (SSSR count). The number of nitrogens with one attached hydrogen (secondary N) is 1. The zero-order chi connectivity index (χ0) is 20.0. The zero-order valence-electron chi connectivity index (χ0n) is 16.1. The number of benzene rings is 1. The van der Waals surface area contributed by atoms with Crippen LogP contribution >= 0.6 is 11.6 Å². The first kappa shape index (κ1) is 21.9. The number of hydrogen-bond acceptors (Lipinski definition) is 5. The van der Waals surface area contributed by atoms with Crippen LogP contribution in [0.2, 0.25) is 5.02 Å². The average molecular weight is 418 g/mol. The van der Waals surface area contributed by atoms with E-state index in [4.69, 9.17) is 16.3 Å². The lowest BCUT2D eigenvalue weighted by molar-refractivity contribution is -0.122. The lowest BCUT2D eigenvalue weighted by Gasteiger charge is -2.32. The predicted octanol–water partition coefficient (Wildman–Crippen LogP) is 1.64. The number of amides is 1. The van der Waals surface area contributed by atoms with E-state index in [1.54, 1.807) is 32.0 Å². The highest BCUT2D eigenvalue weighted by Gasteiger charge is 2.32. The number of nitrogens with zero attached hydrogens (tertiary/aromatic N) is 2. The average Bonchev–Trinajstić information content (AvgIpc) is 2.61. The Kier molecular flexibility index (Phi) is 7.91. The van der Waals surface area contributed by atoms with E-state index >= 15 is 0 Å². The largest absolute Gasteiger partial charge is 0.379 e. The van der Waals surface area contributed by atoms with Crippen LogP contribution in [0.4, 0.5) is 5.69 Å². The van der Waals surface area contributed by atoms with Crippen molar-refractivity contribution in [3.8, 4) is 0 Å². The van der Waals surface area contributed by atoms with E-state index in [1.807, 2.05) is 0 Å². The van der Waals surface area contributed by atoms with Gasteiger partial charge < -0.3 is 10.1 Å². The van der Waals surface area contributed by atoms with Crippen molar-refractivity contribution >= 4 is 33.2 Å². The van der Waals surface area contributed by atoms with Crippen molar-refractivity contribution in [2.45, 2.75) is 26.3 Å². The summed E-state index contributed by atoms with van der Waals surface area (Å²) in [6, 6.07) is 4.20. The number of anilines is 1. The molecule has 1 atom stereocenters. The van der Waals surface area contributed by atoms with E-state index in [0.29, 0.717) is 43.4 Å². The Morgan fingerprint density at radius 2 is 2.04 bits per heavy atom. The van der Waals surface area contributed by atoms with E-state index in [2.05, 4.69) is 10.2 Å². The normalized spacial score (nSPS) is 16.7. The van der Waals surface area contributed by atoms with Crippen LogP contribution in [0.5, 0.6) is 0 Å². The highest BCUT2D eigenvalue weighted by molar-refractivity contribution is 7.92. The maximum absolute atomic E-state index is 12.8. The van der Waals surface area contributed by atoms with Crippen LogP contribution in [-0.2, 0) is 19.6 Å². The van der Waals surface area contributed by atoms with Gasteiger partial charge in [0.15, 0.2) is 0 Å². The molecule has 7 nitrogen and oxygen atoms in total. The molecule has 27 heavy (non-hydrogen) atoms. The maximum atomic E-state index is 12.8. The van der Waals surface area contributed by atoms with Gasteiger partial charge in [-0.2, -0.15) is 0 Å². The number of halogens is 1. The van der Waals surface area contributed by atoms with Gasteiger partial charge in [-0.25, -0.2) is 8.42 Å². The minimum Gasteiger partial charge on any atom is -0.379 e. The molecule has 1 amide bonds. The van der Waals surface area contributed by atoms with Crippen molar-refractivity contribution in [2.75, 3.05) is 50.0 Å². The number of carbonyl (C=O) groups is 1. The molecule has 0 unspecified atom stereocenters. The number of carbonyl (C=O) groups excluding carboxylic acids is 1. The van der Waals surface area contributed by atoms with Gasteiger partial charge in [0.05, 0.1) is 25.2 Å². The number of ether oxygens (including phenoxy) is 1. The van der Waals surface area contributed by atoms with Crippen LogP contribution < -0.4 is 9.62 Å². The Morgan fingerprint density at radius 3 is 2.63 bits per heavy atom. The van der Waals surface area contributed by atoms with Crippen molar-refractivity contribution in [2.24, 2.45) is 0 Å². The van der Waals surface area contributed by atoms with Gasteiger partial charge in [-0.1, -0.05) is 24.6 Å². The van der Waals surface area contributed by atoms with Crippen LogP contribution in [0.1, 0.15) is 18.9 Å². The first-order valence-corrected chi connectivity index (χ1v) is 11.3. The predicted molar refractivity (Wildman–Crippen MR) is 108 cm³/mol. The molecule has 9 heteroatoms. The highest BCUT2D eigenvalue weighted by Crippen LogP contribution is 2.29. The second-order valence-electron chi connectivity index (χ2n) is 6.66. The van der Waals surface area contributed by atoms with Gasteiger partial charge in [0.1, 0.15) is 6.04 Å². The van der Waals surface area contributed by atoms with Crippen molar-refractivity contribution < 1.29 is 17.9 Å². The third-order valence-corrected chi connectivity index (χ3v) is 5.97. The molecule has 1 saturated heterocycles. The molecule has 1 heterocycles. The molecule has 0 aliphatic carbocycles. The Balaban J connectivity index is 2.14. The van der Waals surface area contributed by atoms with Crippen molar-refractivity contribution in [3.05, 3.63) is 28.8 Å². The lowest BCUT2D eigenvalue weighted by Crippen LogP contribution is -2.51. The van der Waals surface area contributed by atoms with Gasteiger partial charge in [-0.3, -0.25) is 14.0 Å². The SMILES string of the molecule is CC[C@H](C(=O)NCCN1CCOCC1)N(c1cc(Cl)ccc1C)S(C)(=O)=O. The van der Waals surface area contributed by atoms with Crippen LogP contribution in [0.25, 0.3) is 0 Å². The van der Waals surface area contributed by atoms with Crippen molar-refractivity contribution in [1.29, 1.82) is 0 Å². The summed E-state index contributed by atoms with van der Waals surface area (Å²) in [5.74, 6) is -0.310. The first-order chi connectivity index (χ1) is 12.7. The summed E-state index contributed by atoms with van der Waals surface area (Å²) in [6.45, 7) is 7.83. The van der Waals surface area contributed by atoms with Crippen LogP contribution in [0, 0.1) is 6.92 Å². The van der Waals surface area contributed by atoms with Crippen LogP contribution in [-0.4, -0.2) is 70.9 Å². The van der Waals surface area contributed by atoms with Gasteiger partial charge in [0.25, 0.3) is 0 Å². The molecule has 1 aliphatic heterocycles. The molecule has 1 N–H and O–H groups in total. The van der Waals surface area contributed by atoms with E-state index < -0.39 is 16.1 Å². The molecule has 0 bridgehead atoms. The third-order valence-electron chi connectivity index (χ3n) is 4.57. The second kappa shape index (κ2) is 9.73. The van der Waals surface area contributed by atoms with Crippen molar-refractivity contribution in [1.82, 2.24) is 10.2 Å². The minimum absolute atomic E-state index is 0.310. The topological polar surface area (TPSA) is 79.0 Å². The number of sulfonamides is 1. The van der Waals surface area contributed by atoms with Gasteiger partial charge >= 0.3 is 0 Å². The molecule has 1 fully saturated rings. The Hall–Kier alpha value is -1.35. The molecular formula is C18H28ClN3O4S. The summed E-state index contributed by atoms with van der Waals surface area (Å²) in [6.07, 6.45) is 1.46. The Labute approximate surface area is 166 Å². The monoisotopic (exact) mass is 417 g/mol. The lowest BCUT2D eigenvalue weighted by atomic mass is 10.1. The maximum Gasteiger partial charge on any atom is 0.243 e. The summed E-state index contributed by atoms with van der Waals surface area (Å²) >= 11 is 6.07. The summed E-state index contributed by atoms with van der Waals surface area (Å²) in [5.41, 5.74) is 1.17. The van der Waals surface area contributed by atoms with E-state index in [-0.39, 0.29) is 5.91 Å². The summed E-state index contributed by atoms with van der Waals surface area (Å²) in [4.78, 5) is 15.0. The summed E-state index contributed by atoms with van der Waals surface area (Å²) in [7, 11) is -3.67. The standard InChI is InChI=1S/C18H28ClN3O4S/c1-4-16(18(23)20-7-8-21-9-11-26-12-10-21)22(27(3,24)25)17-13-15(19)6-5-14(17)2/h5-6,13,16H,4,7-12H2,1-3H3,(H,20,23)/t16-/m1/s1. The molecule has 1 aromatic rings. The first-order valence-electron chi connectivity index (χ1n) is 9.07. The molecule has 0 aromatic heterocycles. The second-order valence-corrected chi connectivity index (χ2v) is 8.95. The van der Waals surface area contributed by atoms with Gasteiger partial charge in [0.2, 0.25) is 15.9 Å². The fourth-order valence-electron chi connectivity index (χ4n) is 3.14. The highest BCUT2D eigenvalue weighted by atomic mass is 35.5. The van der Waals surface area contributed by atoms with E-state index in [9.17, 15) is 13.2 Å². The fourth-order valence-corrected chi connectivity index (χ4v) is 4.56. The molecule has 0 spiro atoms.